The molecule has 0 aromatic heterocycles. The lowest BCUT2D eigenvalue weighted by molar-refractivity contribution is 0.624. The highest BCUT2D eigenvalue weighted by Crippen LogP contribution is 2.28. The number of hydrogen-bond donors (Lipinski definition) is 1. The second-order valence-corrected chi connectivity index (χ2v) is 6.27. The van der Waals surface area contributed by atoms with Crippen LogP contribution in [0.4, 0.5) is 0 Å². The van der Waals surface area contributed by atoms with Gasteiger partial charge in [-0.25, -0.2) is 4.99 Å². The molecule has 0 atom stereocenters. The van der Waals surface area contributed by atoms with Crippen molar-refractivity contribution in [1.29, 1.82) is 5.41 Å². The van der Waals surface area contributed by atoms with Gasteiger partial charge in [0.25, 0.3) is 0 Å². The maximum absolute atomic E-state index is 7.67. The molecule has 1 rings (SSSR count). The van der Waals surface area contributed by atoms with E-state index in [4.69, 9.17) is 40.2 Å². The summed E-state index contributed by atoms with van der Waals surface area (Å²) in [6.45, 7) is 1.97. The van der Waals surface area contributed by atoms with Gasteiger partial charge in [0.05, 0.1) is 0 Å². The molecule has 0 aliphatic heterocycles. The zero-order chi connectivity index (χ0) is 13.9. The summed E-state index contributed by atoms with van der Waals surface area (Å²) in [7, 11) is 3.66. The van der Waals surface area contributed by atoms with Gasteiger partial charge in [-0.3, -0.25) is 5.41 Å². The third kappa shape index (κ3) is 3.87. The van der Waals surface area contributed by atoms with Crippen LogP contribution >= 0.6 is 34.8 Å². The van der Waals surface area contributed by atoms with Crippen LogP contribution in [-0.4, -0.2) is 34.5 Å². The molecule has 18 heavy (non-hydrogen) atoms. The van der Waals surface area contributed by atoms with Crippen LogP contribution in [0.1, 0.15) is 11.1 Å². The van der Waals surface area contributed by atoms with E-state index in [1.54, 1.807) is 4.90 Å². The van der Waals surface area contributed by atoms with E-state index in [-0.39, 0.29) is 5.84 Å². The Bertz CT molecular complexity index is 476. The highest BCUT2D eigenvalue weighted by Gasteiger charge is 2.27. The normalized spacial score (nSPS) is 12.4. The number of nitrogens with zero attached hydrogens (tertiary/aromatic N) is 2. The number of aryl methyl sites for hydroxylation is 1. The van der Waals surface area contributed by atoms with E-state index < -0.39 is 3.79 Å². The van der Waals surface area contributed by atoms with Crippen LogP contribution in [-0.2, 0) is 0 Å². The van der Waals surface area contributed by atoms with Crippen molar-refractivity contribution in [1.82, 2.24) is 4.90 Å². The lowest BCUT2D eigenvalue weighted by Gasteiger charge is -2.19. The Hall–Kier alpha value is -0.770. The molecule has 0 aliphatic rings. The molecule has 0 unspecified atom stereocenters. The van der Waals surface area contributed by atoms with E-state index in [2.05, 4.69) is 4.99 Å². The Balaban J connectivity index is 3.25. The van der Waals surface area contributed by atoms with Crippen LogP contribution < -0.4 is 0 Å². The molecular weight excluding hydrogens is 293 g/mol. The Kier molecular flexibility index (Phi) is 5.02. The van der Waals surface area contributed by atoms with E-state index in [0.29, 0.717) is 5.84 Å². The van der Waals surface area contributed by atoms with Gasteiger partial charge in [-0.05, 0) is 12.5 Å². The Morgan fingerprint density at radius 1 is 1.22 bits per heavy atom. The minimum atomic E-state index is -1.82. The largest absolute Gasteiger partial charge is 0.362 e. The first-order valence-electron chi connectivity index (χ1n) is 5.21. The number of aliphatic imine (C=N–C) groups is 1. The predicted octanol–water partition coefficient (Wildman–Crippen LogP) is 3.65. The number of alkyl halides is 3. The smallest absolute Gasteiger partial charge is 0.249 e. The number of benzene rings is 1. The van der Waals surface area contributed by atoms with E-state index in [0.717, 1.165) is 11.1 Å². The van der Waals surface area contributed by atoms with Crippen molar-refractivity contribution in [3.05, 3.63) is 35.4 Å². The minimum Gasteiger partial charge on any atom is -0.362 e. The molecule has 1 aromatic carbocycles. The van der Waals surface area contributed by atoms with Gasteiger partial charge in [0, 0.05) is 19.7 Å². The predicted molar refractivity (Wildman–Crippen MR) is 79.4 cm³/mol. The maximum Gasteiger partial charge on any atom is 0.249 e. The van der Waals surface area contributed by atoms with Crippen molar-refractivity contribution in [2.24, 2.45) is 4.99 Å². The summed E-state index contributed by atoms with van der Waals surface area (Å²) in [6.07, 6.45) is 0. The van der Waals surface area contributed by atoms with Crippen molar-refractivity contribution >= 4 is 46.5 Å². The first-order chi connectivity index (χ1) is 8.23. The van der Waals surface area contributed by atoms with Gasteiger partial charge in [-0.2, -0.15) is 0 Å². The van der Waals surface area contributed by atoms with Gasteiger partial charge in [0.1, 0.15) is 5.84 Å². The topological polar surface area (TPSA) is 39.5 Å². The van der Waals surface area contributed by atoms with Crippen molar-refractivity contribution < 1.29 is 0 Å². The van der Waals surface area contributed by atoms with Crippen LogP contribution in [0.15, 0.2) is 29.3 Å². The lowest BCUT2D eigenvalue weighted by atomic mass is 10.1. The standard InChI is InChI=1S/C12H14Cl3N3/c1-8-6-4-5-7-9(8)10(18(2)3)17-11(16)12(13,14)15/h4-7,16H,1-3H3. The first-order valence-corrected chi connectivity index (χ1v) is 6.34. The highest BCUT2D eigenvalue weighted by molar-refractivity contribution is 6.76. The molecule has 3 nitrogen and oxygen atoms in total. The van der Waals surface area contributed by atoms with Crippen LogP contribution in [0.5, 0.6) is 0 Å². The Morgan fingerprint density at radius 3 is 2.22 bits per heavy atom. The number of nitrogens with one attached hydrogen (secondary N) is 1. The summed E-state index contributed by atoms with van der Waals surface area (Å²) in [5.41, 5.74) is 1.95. The second kappa shape index (κ2) is 5.91. The summed E-state index contributed by atoms with van der Waals surface area (Å²) in [5.74, 6) is 0.281. The van der Waals surface area contributed by atoms with Crippen LogP contribution in [0.3, 0.4) is 0 Å². The minimum absolute atomic E-state index is 0.306. The summed E-state index contributed by atoms with van der Waals surface area (Å²) < 4.78 is -1.82. The van der Waals surface area contributed by atoms with Crippen molar-refractivity contribution in [3.8, 4) is 0 Å². The molecule has 0 fully saturated rings. The molecule has 1 aromatic rings. The Morgan fingerprint density at radius 2 is 1.78 bits per heavy atom. The van der Waals surface area contributed by atoms with Crippen molar-refractivity contribution in [3.63, 3.8) is 0 Å². The molecule has 0 aliphatic carbocycles. The molecule has 0 saturated heterocycles. The monoisotopic (exact) mass is 305 g/mol. The zero-order valence-corrected chi connectivity index (χ0v) is 12.6. The number of hydrogen-bond acceptors (Lipinski definition) is 1. The van der Waals surface area contributed by atoms with Crippen LogP contribution in [0, 0.1) is 12.3 Å². The molecule has 0 heterocycles. The fraction of sp³-hybridized carbons (Fsp3) is 0.333. The fourth-order valence-corrected chi connectivity index (χ4v) is 1.52. The second-order valence-electron chi connectivity index (χ2n) is 3.99. The summed E-state index contributed by atoms with van der Waals surface area (Å²) in [4.78, 5) is 5.89. The van der Waals surface area contributed by atoms with Gasteiger partial charge in [-0.15, -0.1) is 0 Å². The molecule has 98 valence electrons. The van der Waals surface area contributed by atoms with Gasteiger partial charge in [0.2, 0.25) is 3.79 Å². The molecule has 6 heteroatoms. The van der Waals surface area contributed by atoms with Crippen LogP contribution in [0.25, 0.3) is 0 Å². The SMILES string of the molecule is Cc1ccccc1C(=NC(=N)C(Cl)(Cl)Cl)N(C)C. The third-order valence-corrected chi connectivity index (χ3v) is 2.83. The fourth-order valence-electron chi connectivity index (χ4n) is 1.39. The third-order valence-electron chi connectivity index (χ3n) is 2.30. The Labute approximate surface area is 122 Å². The lowest BCUT2D eigenvalue weighted by Crippen LogP contribution is -2.27. The summed E-state index contributed by atoms with van der Waals surface area (Å²) in [6, 6.07) is 7.72. The molecule has 0 saturated carbocycles. The quantitative estimate of drug-likeness (QED) is 0.480. The average Bonchev–Trinajstić information content (AvgIpc) is 2.25. The number of amidine groups is 2. The number of rotatable bonds is 1. The summed E-state index contributed by atoms with van der Waals surface area (Å²) in [5, 5.41) is 7.67. The molecule has 1 N–H and O–H groups in total. The van der Waals surface area contributed by atoms with Gasteiger partial charge >= 0.3 is 0 Å². The highest BCUT2D eigenvalue weighted by atomic mass is 35.6. The van der Waals surface area contributed by atoms with E-state index in [9.17, 15) is 0 Å². The van der Waals surface area contributed by atoms with Crippen molar-refractivity contribution in [2.45, 2.75) is 10.7 Å². The van der Waals surface area contributed by atoms with Crippen molar-refractivity contribution in [2.75, 3.05) is 14.1 Å². The van der Waals surface area contributed by atoms with Gasteiger partial charge in [0.15, 0.2) is 5.84 Å². The van der Waals surface area contributed by atoms with E-state index >= 15 is 0 Å². The first kappa shape index (κ1) is 15.3. The summed E-state index contributed by atoms with van der Waals surface area (Å²) >= 11 is 16.9. The molecule has 0 amide bonds. The van der Waals surface area contributed by atoms with Gasteiger partial charge < -0.3 is 4.90 Å². The average molecular weight is 307 g/mol. The van der Waals surface area contributed by atoms with E-state index in [1.165, 1.54) is 0 Å². The molecule has 0 radical (unpaired) electrons. The van der Waals surface area contributed by atoms with E-state index in [1.807, 2.05) is 45.3 Å². The zero-order valence-electron chi connectivity index (χ0n) is 10.3. The molecular formula is C12H14Cl3N3. The maximum atomic E-state index is 7.67. The molecule has 0 bridgehead atoms. The van der Waals surface area contributed by atoms with Crippen LogP contribution in [0.2, 0.25) is 0 Å². The van der Waals surface area contributed by atoms with Gasteiger partial charge in [-0.1, -0.05) is 59.1 Å². The number of halogens is 3. The molecule has 0 spiro atoms.